The van der Waals surface area contributed by atoms with Gasteiger partial charge in [-0.25, -0.2) is 9.18 Å². The lowest BCUT2D eigenvalue weighted by Gasteiger charge is -2.10. The van der Waals surface area contributed by atoms with Crippen LogP contribution in [0.15, 0.2) is 53.9 Å². The zero-order chi connectivity index (χ0) is 20.8. The van der Waals surface area contributed by atoms with Gasteiger partial charge in [0.05, 0.1) is 11.6 Å². The number of rotatable bonds is 7. The van der Waals surface area contributed by atoms with Gasteiger partial charge in [-0.05, 0) is 24.6 Å². The van der Waals surface area contributed by atoms with Crippen LogP contribution < -0.4 is 10.1 Å². The molecule has 0 aliphatic rings. The summed E-state index contributed by atoms with van der Waals surface area (Å²) in [6.07, 6.45) is 0. The molecule has 0 aliphatic heterocycles. The van der Waals surface area contributed by atoms with Crippen LogP contribution >= 0.6 is 22.9 Å². The van der Waals surface area contributed by atoms with Gasteiger partial charge in [-0.2, -0.15) is 0 Å². The maximum absolute atomic E-state index is 13.2. The molecule has 0 saturated carbocycles. The van der Waals surface area contributed by atoms with Crippen LogP contribution in [0.3, 0.4) is 0 Å². The van der Waals surface area contributed by atoms with Gasteiger partial charge in [0, 0.05) is 17.0 Å². The zero-order valence-electron chi connectivity index (χ0n) is 15.4. The Morgan fingerprint density at radius 2 is 1.93 bits per heavy atom. The fourth-order valence-electron chi connectivity index (χ4n) is 2.56. The van der Waals surface area contributed by atoms with Crippen molar-refractivity contribution in [2.24, 2.45) is 0 Å². The zero-order valence-corrected chi connectivity index (χ0v) is 17.0. The number of amides is 1. The lowest BCUT2D eigenvalue weighted by molar-refractivity contribution is -0.118. The van der Waals surface area contributed by atoms with Crippen LogP contribution in [-0.4, -0.2) is 25.1 Å². The number of hydrogen-bond acceptors (Lipinski definition) is 5. The second-order valence-corrected chi connectivity index (χ2v) is 7.14. The maximum Gasteiger partial charge on any atom is 0.341 e. The van der Waals surface area contributed by atoms with E-state index in [0.29, 0.717) is 16.1 Å². The Bertz CT molecular complexity index is 1020. The monoisotopic (exact) mass is 433 g/mol. The fraction of sp³-hybridized carbons (Fsp3) is 0.143. The van der Waals surface area contributed by atoms with Crippen molar-refractivity contribution in [1.82, 2.24) is 0 Å². The van der Waals surface area contributed by atoms with Crippen LogP contribution in [0.5, 0.6) is 5.75 Å². The van der Waals surface area contributed by atoms with Gasteiger partial charge in [0.25, 0.3) is 5.91 Å². The summed E-state index contributed by atoms with van der Waals surface area (Å²) in [5, 5.41) is 4.74. The largest absolute Gasteiger partial charge is 0.484 e. The Morgan fingerprint density at radius 1 is 1.17 bits per heavy atom. The standard InChI is InChI=1S/C21H17ClFNO4S/c1-2-27-21(26)19-15(13-6-4-3-5-7-13)12-29-20(19)24-18(25)11-28-14-8-9-17(23)16(22)10-14/h3-10,12H,2,11H2,1H3,(H,24,25). The predicted octanol–water partition coefficient (Wildman–Crippen LogP) is 5.40. The summed E-state index contributed by atoms with van der Waals surface area (Å²) in [6.45, 7) is 1.60. The molecular weight excluding hydrogens is 417 g/mol. The molecule has 29 heavy (non-hydrogen) atoms. The summed E-state index contributed by atoms with van der Waals surface area (Å²) in [5.74, 6) is -1.31. The highest BCUT2D eigenvalue weighted by Crippen LogP contribution is 2.36. The molecule has 3 rings (SSSR count). The first-order valence-electron chi connectivity index (χ1n) is 8.71. The molecule has 0 fully saturated rings. The first-order valence-corrected chi connectivity index (χ1v) is 9.97. The second kappa shape index (κ2) is 9.54. The van der Waals surface area contributed by atoms with Crippen LogP contribution in [0.2, 0.25) is 5.02 Å². The Labute approximate surface area is 176 Å². The number of thiophene rings is 1. The minimum atomic E-state index is -0.574. The Morgan fingerprint density at radius 3 is 2.62 bits per heavy atom. The van der Waals surface area contributed by atoms with E-state index in [0.717, 1.165) is 11.6 Å². The van der Waals surface area contributed by atoms with Crippen molar-refractivity contribution < 1.29 is 23.5 Å². The molecule has 0 bridgehead atoms. The highest BCUT2D eigenvalue weighted by molar-refractivity contribution is 7.15. The third-order valence-corrected chi connectivity index (χ3v) is 5.05. The van der Waals surface area contributed by atoms with E-state index in [9.17, 15) is 14.0 Å². The van der Waals surface area contributed by atoms with Crippen molar-refractivity contribution in [3.05, 3.63) is 70.3 Å². The molecule has 0 saturated heterocycles. The molecule has 8 heteroatoms. The van der Waals surface area contributed by atoms with Gasteiger partial charge in [-0.15, -0.1) is 11.3 Å². The Kier molecular flexibility index (Phi) is 6.85. The fourth-order valence-corrected chi connectivity index (χ4v) is 3.71. The number of carbonyl (C=O) groups excluding carboxylic acids is 2. The summed E-state index contributed by atoms with van der Waals surface area (Å²) >= 11 is 6.92. The molecule has 0 radical (unpaired) electrons. The smallest absolute Gasteiger partial charge is 0.341 e. The molecule has 1 amide bonds. The lowest BCUT2D eigenvalue weighted by Crippen LogP contribution is -2.21. The number of esters is 1. The third-order valence-electron chi connectivity index (χ3n) is 3.87. The lowest BCUT2D eigenvalue weighted by atomic mass is 10.0. The second-order valence-electron chi connectivity index (χ2n) is 5.85. The molecule has 1 aromatic heterocycles. The average molecular weight is 434 g/mol. The summed E-state index contributed by atoms with van der Waals surface area (Å²) in [7, 11) is 0. The van der Waals surface area contributed by atoms with E-state index in [-0.39, 0.29) is 24.0 Å². The van der Waals surface area contributed by atoms with E-state index in [1.807, 2.05) is 30.3 Å². The number of nitrogens with one attached hydrogen (secondary N) is 1. The van der Waals surface area contributed by atoms with Crippen molar-refractivity contribution in [2.45, 2.75) is 6.92 Å². The third kappa shape index (κ3) is 5.13. The first kappa shape index (κ1) is 20.8. The van der Waals surface area contributed by atoms with Gasteiger partial charge < -0.3 is 14.8 Å². The number of halogens is 2. The number of hydrogen-bond donors (Lipinski definition) is 1. The van der Waals surface area contributed by atoms with Crippen molar-refractivity contribution in [3.8, 4) is 16.9 Å². The van der Waals surface area contributed by atoms with Crippen molar-refractivity contribution in [3.63, 3.8) is 0 Å². The van der Waals surface area contributed by atoms with E-state index >= 15 is 0 Å². The van der Waals surface area contributed by atoms with Gasteiger partial charge in [-0.3, -0.25) is 4.79 Å². The number of benzene rings is 2. The maximum atomic E-state index is 13.2. The molecule has 1 N–H and O–H groups in total. The molecule has 2 aromatic carbocycles. The molecule has 0 unspecified atom stereocenters. The number of carbonyl (C=O) groups is 2. The van der Waals surface area contributed by atoms with E-state index in [4.69, 9.17) is 21.1 Å². The summed E-state index contributed by atoms with van der Waals surface area (Å²) in [4.78, 5) is 24.8. The number of ether oxygens (including phenoxy) is 2. The Balaban J connectivity index is 1.77. The van der Waals surface area contributed by atoms with E-state index in [1.54, 1.807) is 12.3 Å². The Hall–Kier alpha value is -2.90. The molecule has 0 atom stereocenters. The highest BCUT2D eigenvalue weighted by atomic mass is 35.5. The summed E-state index contributed by atoms with van der Waals surface area (Å²) in [6, 6.07) is 13.2. The van der Waals surface area contributed by atoms with Crippen molar-refractivity contribution >= 4 is 39.8 Å². The number of anilines is 1. The normalized spacial score (nSPS) is 10.4. The molecule has 1 heterocycles. The summed E-state index contributed by atoms with van der Waals surface area (Å²) < 4.78 is 23.7. The minimum absolute atomic E-state index is 0.0988. The van der Waals surface area contributed by atoms with Gasteiger partial charge >= 0.3 is 5.97 Å². The molecule has 0 aliphatic carbocycles. The summed E-state index contributed by atoms with van der Waals surface area (Å²) in [5.41, 5.74) is 1.81. The molecule has 150 valence electrons. The van der Waals surface area contributed by atoms with Gasteiger partial charge in [0.1, 0.15) is 22.1 Å². The molecule has 0 spiro atoms. The molecule has 5 nitrogen and oxygen atoms in total. The van der Waals surface area contributed by atoms with Crippen LogP contribution in [0.4, 0.5) is 9.39 Å². The first-order chi connectivity index (χ1) is 14.0. The van der Waals surface area contributed by atoms with E-state index < -0.39 is 17.7 Å². The van der Waals surface area contributed by atoms with E-state index in [2.05, 4.69) is 5.32 Å². The van der Waals surface area contributed by atoms with Crippen LogP contribution in [-0.2, 0) is 9.53 Å². The molecule has 3 aromatic rings. The van der Waals surface area contributed by atoms with Crippen LogP contribution in [0.25, 0.3) is 11.1 Å². The topological polar surface area (TPSA) is 64.6 Å². The van der Waals surface area contributed by atoms with Gasteiger partial charge in [0.15, 0.2) is 6.61 Å². The highest BCUT2D eigenvalue weighted by Gasteiger charge is 2.22. The average Bonchev–Trinajstić information content (AvgIpc) is 3.13. The van der Waals surface area contributed by atoms with Crippen LogP contribution in [0, 0.1) is 5.82 Å². The van der Waals surface area contributed by atoms with Crippen molar-refractivity contribution in [1.29, 1.82) is 0 Å². The van der Waals surface area contributed by atoms with Crippen molar-refractivity contribution in [2.75, 3.05) is 18.5 Å². The quantitative estimate of drug-likeness (QED) is 0.506. The van der Waals surface area contributed by atoms with E-state index in [1.165, 1.54) is 23.5 Å². The van der Waals surface area contributed by atoms with Gasteiger partial charge in [0.2, 0.25) is 0 Å². The SMILES string of the molecule is CCOC(=O)c1c(-c2ccccc2)csc1NC(=O)COc1ccc(F)c(Cl)c1. The van der Waals surface area contributed by atoms with Crippen LogP contribution in [0.1, 0.15) is 17.3 Å². The van der Waals surface area contributed by atoms with Gasteiger partial charge in [-0.1, -0.05) is 41.9 Å². The molecular formula is C21H17ClFNO4S. The minimum Gasteiger partial charge on any atom is -0.484 e. The predicted molar refractivity (Wildman–Crippen MR) is 111 cm³/mol.